The van der Waals surface area contributed by atoms with E-state index >= 15 is 0 Å². The second kappa shape index (κ2) is 4.24. The number of fused-ring (bicyclic) bond motifs is 3. The molecule has 0 aliphatic rings. The number of benzene rings is 1. The summed E-state index contributed by atoms with van der Waals surface area (Å²) in [7, 11) is 0. The molecule has 19 heavy (non-hydrogen) atoms. The van der Waals surface area contributed by atoms with Crippen molar-refractivity contribution < 1.29 is 9.90 Å². The van der Waals surface area contributed by atoms with Gasteiger partial charge in [-0.1, -0.05) is 23.7 Å². The summed E-state index contributed by atoms with van der Waals surface area (Å²) in [6.45, 7) is 1.67. The van der Waals surface area contributed by atoms with Crippen LogP contribution in [-0.2, 0) is 4.79 Å². The maximum Gasteiger partial charge on any atom is 0.310 e. The van der Waals surface area contributed by atoms with Crippen molar-refractivity contribution in [1.82, 2.24) is 9.97 Å². The molecule has 1 atom stereocenters. The van der Waals surface area contributed by atoms with Gasteiger partial charge < -0.3 is 10.1 Å². The van der Waals surface area contributed by atoms with E-state index in [1.807, 2.05) is 24.3 Å². The molecule has 0 saturated heterocycles. The van der Waals surface area contributed by atoms with Crippen molar-refractivity contribution in [3.63, 3.8) is 0 Å². The molecule has 3 aromatic rings. The number of halogens is 1. The number of carboxylic acids is 1. The Morgan fingerprint density at radius 3 is 2.84 bits per heavy atom. The number of carboxylic acid groups (broad SMARTS) is 1. The Morgan fingerprint density at radius 1 is 1.32 bits per heavy atom. The van der Waals surface area contributed by atoms with Crippen molar-refractivity contribution >= 4 is 39.5 Å². The van der Waals surface area contributed by atoms with Crippen molar-refractivity contribution in [2.45, 2.75) is 12.8 Å². The van der Waals surface area contributed by atoms with Crippen LogP contribution in [0.5, 0.6) is 0 Å². The van der Waals surface area contributed by atoms with Crippen molar-refractivity contribution in [3.8, 4) is 0 Å². The van der Waals surface area contributed by atoms with Gasteiger partial charge in [0.25, 0.3) is 0 Å². The number of rotatable bonds is 2. The maximum absolute atomic E-state index is 11.0. The zero-order chi connectivity index (χ0) is 13.6. The number of nitrogens with one attached hydrogen (secondary N) is 1. The predicted molar refractivity (Wildman–Crippen MR) is 74.7 cm³/mol. The second-order valence-electron chi connectivity index (χ2n) is 4.52. The van der Waals surface area contributed by atoms with E-state index in [9.17, 15) is 4.79 Å². The monoisotopic (exact) mass is 274 g/mol. The van der Waals surface area contributed by atoms with Crippen LogP contribution >= 0.6 is 11.6 Å². The van der Waals surface area contributed by atoms with Crippen LogP contribution in [0, 0.1) is 0 Å². The van der Waals surface area contributed by atoms with Crippen molar-refractivity contribution in [3.05, 3.63) is 41.0 Å². The highest BCUT2D eigenvalue weighted by Gasteiger charge is 2.15. The Labute approximate surface area is 114 Å². The highest BCUT2D eigenvalue weighted by Crippen LogP contribution is 2.28. The largest absolute Gasteiger partial charge is 0.481 e. The minimum Gasteiger partial charge on any atom is -0.481 e. The minimum atomic E-state index is -0.836. The summed E-state index contributed by atoms with van der Waals surface area (Å²) < 4.78 is 0. The van der Waals surface area contributed by atoms with Crippen LogP contribution in [0.2, 0.25) is 5.15 Å². The Balaban J connectivity index is 2.24. The molecule has 3 rings (SSSR count). The van der Waals surface area contributed by atoms with Gasteiger partial charge in [-0.25, -0.2) is 4.98 Å². The molecule has 0 fully saturated rings. The normalized spacial score (nSPS) is 12.9. The number of aromatic amines is 1. The molecule has 0 unspecified atom stereocenters. The summed E-state index contributed by atoms with van der Waals surface area (Å²) in [5, 5.41) is 10.4. The molecular weight excluding hydrogens is 264 g/mol. The van der Waals surface area contributed by atoms with Crippen molar-refractivity contribution in [2.75, 3.05) is 0 Å². The van der Waals surface area contributed by atoms with Gasteiger partial charge >= 0.3 is 5.97 Å². The van der Waals surface area contributed by atoms with Gasteiger partial charge in [0.2, 0.25) is 0 Å². The highest BCUT2D eigenvalue weighted by molar-refractivity contribution is 6.30. The van der Waals surface area contributed by atoms with Crippen LogP contribution in [0.3, 0.4) is 0 Å². The quantitative estimate of drug-likeness (QED) is 0.702. The van der Waals surface area contributed by atoms with Crippen LogP contribution in [0.4, 0.5) is 0 Å². The van der Waals surface area contributed by atoms with Crippen LogP contribution in [0.25, 0.3) is 21.9 Å². The van der Waals surface area contributed by atoms with E-state index in [4.69, 9.17) is 16.7 Å². The number of aromatic nitrogens is 2. The molecule has 0 aliphatic heterocycles. The van der Waals surface area contributed by atoms with Crippen molar-refractivity contribution in [1.29, 1.82) is 0 Å². The molecule has 96 valence electrons. The molecule has 0 bridgehead atoms. The first-order valence-corrected chi connectivity index (χ1v) is 6.25. The van der Waals surface area contributed by atoms with Gasteiger partial charge in [-0.3, -0.25) is 4.79 Å². The van der Waals surface area contributed by atoms with E-state index in [0.717, 1.165) is 27.5 Å². The summed E-state index contributed by atoms with van der Waals surface area (Å²) in [5.74, 6) is -1.37. The van der Waals surface area contributed by atoms with Crippen LogP contribution < -0.4 is 0 Å². The van der Waals surface area contributed by atoms with Crippen molar-refractivity contribution in [2.24, 2.45) is 0 Å². The van der Waals surface area contributed by atoms with Crippen LogP contribution in [0.1, 0.15) is 18.4 Å². The molecule has 0 saturated carbocycles. The van der Waals surface area contributed by atoms with E-state index in [1.165, 1.54) is 0 Å². The van der Waals surface area contributed by atoms with Gasteiger partial charge in [0, 0.05) is 10.9 Å². The van der Waals surface area contributed by atoms with Gasteiger partial charge in [0.1, 0.15) is 5.15 Å². The first kappa shape index (κ1) is 12.0. The average Bonchev–Trinajstić information content (AvgIpc) is 2.74. The Kier molecular flexibility index (Phi) is 2.68. The molecule has 2 aromatic heterocycles. The van der Waals surface area contributed by atoms with Gasteiger partial charge in [-0.2, -0.15) is 0 Å². The van der Waals surface area contributed by atoms with E-state index in [2.05, 4.69) is 9.97 Å². The third-order valence-electron chi connectivity index (χ3n) is 3.30. The van der Waals surface area contributed by atoms with Crippen LogP contribution in [-0.4, -0.2) is 21.0 Å². The lowest BCUT2D eigenvalue weighted by Gasteiger charge is -2.05. The smallest absolute Gasteiger partial charge is 0.310 e. The molecule has 4 nitrogen and oxygen atoms in total. The van der Waals surface area contributed by atoms with Gasteiger partial charge in [-0.15, -0.1) is 0 Å². The number of carbonyl (C=O) groups is 1. The highest BCUT2D eigenvalue weighted by atomic mass is 35.5. The number of hydrogen-bond acceptors (Lipinski definition) is 2. The fourth-order valence-electron chi connectivity index (χ4n) is 2.17. The Bertz CT molecular complexity index is 795. The molecule has 2 N–H and O–H groups in total. The lowest BCUT2D eigenvalue weighted by atomic mass is 10.0. The summed E-state index contributed by atoms with van der Waals surface area (Å²) in [6, 6.07) is 9.14. The third kappa shape index (κ3) is 1.94. The zero-order valence-electron chi connectivity index (χ0n) is 10.1. The number of nitrogens with zero attached hydrogens (tertiary/aromatic N) is 1. The van der Waals surface area contributed by atoms with E-state index < -0.39 is 11.9 Å². The SMILES string of the molecule is C[C@H](C(=O)O)c1ccc2c(c1)[nH]c1ccc(Cl)nc12. The summed E-state index contributed by atoms with van der Waals surface area (Å²) >= 11 is 5.90. The van der Waals surface area contributed by atoms with E-state index in [1.54, 1.807) is 13.0 Å². The maximum atomic E-state index is 11.0. The zero-order valence-corrected chi connectivity index (χ0v) is 10.9. The second-order valence-corrected chi connectivity index (χ2v) is 4.91. The minimum absolute atomic E-state index is 0.441. The average molecular weight is 275 g/mol. The number of aliphatic carboxylic acids is 1. The van der Waals surface area contributed by atoms with Crippen LogP contribution in [0.15, 0.2) is 30.3 Å². The standard InChI is InChI=1S/C14H11ClN2O2/c1-7(14(18)19)8-2-3-9-11(6-8)16-10-4-5-12(15)17-13(9)10/h2-7,16H,1H3,(H,18,19)/t7-/m0/s1. The number of pyridine rings is 1. The first-order chi connectivity index (χ1) is 9.06. The summed E-state index contributed by atoms with van der Waals surface area (Å²) in [4.78, 5) is 18.5. The lowest BCUT2D eigenvalue weighted by molar-refractivity contribution is -0.138. The topological polar surface area (TPSA) is 66.0 Å². The fourth-order valence-corrected chi connectivity index (χ4v) is 2.32. The number of H-pyrrole nitrogens is 1. The molecule has 0 spiro atoms. The molecular formula is C14H11ClN2O2. The van der Waals surface area contributed by atoms with E-state index in [-0.39, 0.29) is 0 Å². The molecule has 2 heterocycles. The summed E-state index contributed by atoms with van der Waals surface area (Å²) in [6.07, 6.45) is 0. The third-order valence-corrected chi connectivity index (χ3v) is 3.51. The predicted octanol–water partition coefficient (Wildman–Crippen LogP) is 3.56. The molecule has 0 radical (unpaired) electrons. The molecule has 0 amide bonds. The van der Waals surface area contributed by atoms with Gasteiger partial charge in [0.05, 0.1) is 17.0 Å². The summed E-state index contributed by atoms with van der Waals surface area (Å²) in [5.41, 5.74) is 3.32. The number of hydrogen-bond donors (Lipinski definition) is 2. The molecule has 0 aliphatic carbocycles. The Hall–Kier alpha value is -2.07. The molecule has 1 aromatic carbocycles. The Morgan fingerprint density at radius 2 is 2.11 bits per heavy atom. The fraction of sp³-hybridized carbons (Fsp3) is 0.143. The van der Waals surface area contributed by atoms with E-state index in [0.29, 0.717) is 5.15 Å². The first-order valence-electron chi connectivity index (χ1n) is 5.87. The van der Waals surface area contributed by atoms with Gasteiger partial charge in [-0.05, 0) is 30.7 Å². The molecule has 5 heteroatoms. The lowest BCUT2D eigenvalue weighted by Crippen LogP contribution is -2.06. The van der Waals surface area contributed by atoms with Gasteiger partial charge in [0.15, 0.2) is 0 Å².